The van der Waals surface area contributed by atoms with Crippen LogP contribution in [0.3, 0.4) is 0 Å². The molecule has 5 heterocycles. The number of carbonyl (C=O) groups excluding carboxylic acids is 8. The molecule has 20 nitrogen and oxygen atoms in total. The third-order valence-corrected chi connectivity index (χ3v) is 19.7. The average Bonchev–Trinajstić information content (AvgIpc) is 1.63. The second-order valence-corrected chi connectivity index (χ2v) is 26.6. The third kappa shape index (κ3) is 18.1. The monoisotopic (exact) mass is 1390 g/mol. The number of hydrogen-bond acceptors (Lipinski definition) is 18. The van der Waals surface area contributed by atoms with Gasteiger partial charge >= 0.3 is 67.2 Å². The molecule has 8 unspecified atom stereocenters. The Morgan fingerprint density at radius 3 is 0.598 bits per heavy atom. The summed E-state index contributed by atoms with van der Waals surface area (Å²) in [4.78, 5) is 138. The molecule has 0 saturated heterocycles. The van der Waals surface area contributed by atoms with E-state index in [9.17, 15) is 38.4 Å². The van der Waals surface area contributed by atoms with Crippen LogP contribution in [0.1, 0.15) is 229 Å². The Morgan fingerprint density at radius 2 is 0.443 bits per heavy atom. The second-order valence-electron chi connectivity index (χ2n) is 26.6. The van der Waals surface area contributed by atoms with Crippen LogP contribution in [0.5, 0.6) is 0 Å². The van der Waals surface area contributed by atoms with Crippen LogP contribution in [0.25, 0.3) is 44.4 Å². The standard InChI is InChI=1S/C76H100N4O16.Zn/c1-9-17-25-89-69(81)53-33-45-46(34-54(53)70(82)90-26-18-10-2)62-42-64-49-37-57(73(85)93-29-21-13-5)58(74(86)94-30-22-14-6)38-50(49)66(79-64)44-68-52-40-60(76(88)96-32-24-16-8)59(75(87)95-31-23-15-7)39-51(52)67(80-68)43-65-48-36-56(72(84)92-28-20-12-4)55(71(83)91-27-19-11-3)35-47(48)63(78-65)41-61(45)77-62;/h41-44,53-60H,9-40H2,1-8H3;/q-2;+2. The van der Waals surface area contributed by atoms with Gasteiger partial charge in [-0.25, -0.2) is 9.97 Å². The van der Waals surface area contributed by atoms with Crippen molar-refractivity contribution in [2.75, 3.05) is 52.9 Å². The van der Waals surface area contributed by atoms with E-state index in [0.717, 1.165) is 51.4 Å². The van der Waals surface area contributed by atoms with Gasteiger partial charge in [-0.3, -0.25) is 38.4 Å². The zero-order valence-electron chi connectivity index (χ0n) is 58.6. The SMILES string of the molecule is CCCCOC(=O)C1CC2=C(CC1C(=O)OCCCC)c1cc3[n-]c(cc4nc(cc5[n-]c(cc2n1)c1c5CC(C(=O)OCCCC)C(C(=O)OCCCC)C1)C1=C4CC(C(=O)OCCCC)C(C(=O)OCCCC)C1)c1c3CC(C(=O)OCCCC)C(C(=O)OCCCC)C1.[Zn+2]. The van der Waals surface area contributed by atoms with Crippen molar-refractivity contribution in [1.29, 1.82) is 0 Å². The van der Waals surface area contributed by atoms with Gasteiger partial charge in [-0.05, 0) is 125 Å². The molecule has 2 aliphatic heterocycles. The van der Waals surface area contributed by atoms with E-state index in [1.165, 1.54) is 0 Å². The molecule has 21 heteroatoms. The summed E-state index contributed by atoms with van der Waals surface area (Å²) < 4.78 is 47.5. The molecule has 0 amide bonds. The summed E-state index contributed by atoms with van der Waals surface area (Å²) in [6.45, 7) is 17.4. The summed E-state index contributed by atoms with van der Waals surface area (Å²) in [6.07, 6.45) is 11.6. The Labute approximate surface area is 583 Å². The van der Waals surface area contributed by atoms with E-state index >= 15 is 0 Å². The molecule has 3 aromatic heterocycles. The third-order valence-electron chi connectivity index (χ3n) is 19.7. The van der Waals surface area contributed by atoms with Crippen molar-refractivity contribution in [3.63, 3.8) is 0 Å². The van der Waals surface area contributed by atoms with E-state index in [1.807, 2.05) is 79.7 Å². The molecule has 0 aromatic carbocycles. The number of nitrogens with zero attached hydrogens (tertiary/aromatic N) is 4. The van der Waals surface area contributed by atoms with Gasteiger partial charge in [0, 0.05) is 0 Å². The van der Waals surface area contributed by atoms with Crippen LogP contribution >= 0.6 is 0 Å². The molecule has 3 aromatic rings. The van der Waals surface area contributed by atoms with Crippen molar-refractivity contribution < 1.29 is 95.7 Å². The molecule has 9 rings (SSSR count). The van der Waals surface area contributed by atoms with Gasteiger partial charge in [0.05, 0.1) is 123 Å². The van der Waals surface area contributed by atoms with Gasteiger partial charge in [-0.1, -0.05) is 153 Å². The summed E-state index contributed by atoms with van der Waals surface area (Å²) in [5, 5.41) is 0. The van der Waals surface area contributed by atoms with Crippen molar-refractivity contribution in [3.8, 4) is 0 Å². The van der Waals surface area contributed by atoms with Gasteiger partial charge in [-0.15, -0.1) is 22.1 Å². The van der Waals surface area contributed by atoms with Crippen LogP contribution in [-0.4, -0.2) is 111 Å². The van der Waals surface area contributed by atoms with Crippen LogP contribution in [0, 0.1) is 47.3 Å². The Hall–Kier alpha value is -7.02. The molecule has 0 spiro atoms. The maximum Gasteiger partial charge on any atom is 2.00 e. The number of esters is 8. The molecule has 97 heavy (non-hydrogen) atoms. The molecule has 0 fully saturated rings. The molecule has 0 radical (unpaired) electrons. The summed E-state index contributed by atoms with van der Waals surface area (Å²) in [6, 6.07) is 7.38. The zero-order valence-corrected chi connectivity index (χ0v) is 61.6. The minimum atomic E-state index is -0.956. The molecule has 0 N–H and O–H groups in total. The molecular formula is C76H100N4O16Zn. The first kappa shape index (κ1) is 75.8. The fourth-order valence-electron chi connectivity index (χ4n) is 13.9. The summed E-state index contributed by atoms with van der Waals surface area (Å²) in [7, 11) is 0. The fraction of sp³-hybridized carbons (Fsp3) is 0.632. The maximum atomic E-state index is 14.5. The van der Waals surface area contributed by atoms with Crippen molar-refractivity contribution in [2.24, 2.45) is 47.3 Å². The molecule has 4 aliphatic carbocycles. The summed E-state index contributed by atoms with van der Waals surface area (Å²) >= 11 is 0. The molecule has 8 atom stereocenters. The Bertz CT molecular complexity index is 3120. The average molecular weight is 1390 g/mol. The molecule has 0 saturated carbocycles. The number of allylic oxidation sites excluding steroid dienone is 4. The van der Waals surface area contributed by atoms with Gasteiger partial charge < -0.3 is 47.9 Å². The number of aromatic nitrogens is 4. The Morgan fingerprint density at radius 1 is 0.289 bits per heavy atom. The quantitative estimate of drug-likeness (QED) is 0.0243. The summed E-state index contributed by atoms with van der Waals surface area (Å²) in [5.74, 6) is -11.9. The summed E-state index contributed by atoms with van der Waals surface area (Å²) in [5.41, 5.74) is 8.86. The fourth-order valence-corrected chi connectivity index (χ4v) is 13.9. The zero-order chi connectivity index (χ0) is 68.4. The van der Waals surface area contributed by atoms with E-state index in [1.54, 1.807) is 0 Å². The first-order valence-electron chi connectivity index (χ1n) is 36.1. The van der Waals surface area contributed by atoms with Crippen molar-refractivity contribution in [2.45, 2.75) is 209 Å². The van der Waals surface area contributed by atoms with Crippen molar-refractivity contribution in [3.05, 3.63) is 69.3 Å². The van der Waals surface area contributed by atoms with Crippen LogP contribution in [0.15, 0.2) is 24.3 Å². The number of hydrogen-bond donors (Lipinski definition) is 0. The number of unbranched alkanes of at least 4 members (excludes halogenated alkanes) is 8. The number of carbonyl (C=O) groups is 8. The van der Waals surface area contributed by atoms with Crippen LogP contribution in [0.4, 0.5) is 0 Å². The van der Waals surface area contributed by atoms with Gasteiger partial charge in [0.25, 0.3) is 0 Å². The first-order valence-corrected chi connectivity index (χ1v) is 36.1. The van der Waals surface area contributed by atoms with Gasteiger partial charge in [0.2, 0.25) is 0 Å². The minimum Gasteiger partial charge on any atom is -0.657 e. The Kier molecular flexibility index (Phi) is 28.7. The van der Waals surface area contributed by atoms with E-state index in [0.29, 0.717) is 141 Å². The van der Waals surface area contributed by atoms with Crippen LogP contribution in [-0.2, 0) is 121 Å². The topological polar surface area (TPSA) is 264 Å². The van der Waals surface area contributed by atoms with Gasteiger partial charge in [-0.2, -0.15) is 0 Å². The van der Waals surface area contributed by atoms with Crippen LogP contribution < -0.4 is 9.97 Å². The Balaban J connectivity index is 0.0000120. The molecule has 8 bridgehead atoms. The van der Waals surface area contributed by atoms with E-state index in [2.05, 4.69) is 0 Å². The molecular weight excluding hydrogens is 1290 g/mol. The maximum absolute atomic E-state index is 14.5. The van der Waals surface area contributed by atoms with Gasteiger partial charge in [0.1, 0.15) is 0 Å². The minimum absolute atomic E-state index is 0. The smallest absolute Gasteiger partial charge is 0.657 e. The van der Waals surface area contributed by atoms with Gasteiger partial charge in [0.15, 0.2) is 0 Å². The first-order chi connectivity index (χ1) is 46.6. The molecule has 522 valence electrons. The van der Waals surface area contributed by atoms with Crippen LogP contribution in [0.2, 0.25) is 0 Å². The number of ether oxygens (including phenoxy) is 8. The predicted molar refractivity (Wildman–Crippen MR) is 361 cm³/mol. The largest absolute Gasteiger partial charge is 2.00 e. The normalized spacial score (nSPS) is 20.8. The molecule has 6 aliphatic rings. The van der Waals surface area contributed by atoms with E-state index in [4.69, 9.17) is 57.8 Å². The number of fused-ring (bicyclic) bond motifs is 18. The van der Waals surface area contributed by atoms with E-state index < -0.39 is 95.1 Å². The number of rotatable bonds is 32. The van der Waals surface area contributed by atoms with E-state index in [-0.39, 0.29) is 124 Å². The second kappa shape index (κ2) is 36.7. The van der Waals surface area contributed by atoms with Crippen molar-refractivity contribution in [1.82, 2.24) is 19.9 Å². The predicted octanol–water partition coefficient (Wildman–Crippen LogP) is 12.9. The van der Waals surface area contributed by atoms with Crippen molar-refractivity contribution >= 4 is 92.1 Å².